The molecule has 1 unspecified atom stereocenters. The number of H-pyrrole nitrogens is 1. The number of carbonyl (C=O) groups excluding carboxylic acids is 1. The number of carbonyl (C=O) groups is 1. The smallest absolute Gasteiger partial charge is 0.259 e. The number of rotatable bonds is 4. The van der Waals surface area contributed by atoms with Crippen LogP contribution in [0.2, 0.25) is 0 Å². The van der Waals surface area contributed by atoms with Gasteiger partial charge in [0.1, 0.15) is 5.69 Å². The van der Waals surface area contributed by atoms with Crippen molar-refractivity contribution in [3.05, 3.63) is 47.9 Å². The topological polar surface area (TPSA) is 101 Å². The predicted molar refractivity (Wildman–Crippen MR) is 97.8 cm³/mol. The molecule has 0 radical (unpaired) electrons. The largest absolute Gasteiger partial charge is 0.322 e. The van der Waals surface area contributed by atoms with E-state index in [1.165, 1.54) is 0 Å². The van der Waals surface area contributed by atoms with Gasteiger partial charge in [-0.05, 0) is 31.5 Å². The van der Waals surface area contributed by atoms with Crippen LogP contribution in [0.4, 0.5) is 5.69 Å². The molecule has 1 aromatic carbocycles. The Hall–Kier alpha value is -3.00. The summed E-state index contributed by atoms with van der Waals surface area (Å²) in [7, 11) is 1.85. The number of piperidine rings is 1. The molecule has 3 aromatic rings. The highest BCUT2D eigenvalue weighted by Crippen LogP contribution is 2.26. The van der Waals surface area contributed by atoms with Crippen molar-refractivity contribution in [2.24, 2.45) is 7.05 Å². The number of hydrogen-bond donors (Lipinski definition) is 3. The van der Waals surface area contributed by atoms with E-state index in [9.17, 15) is 4.79 Å². The number of aromatic nitrogens is 5. The molecular weight excluding hydrogens is 330 g/mol. The van der Waals surface area contributed by atoms with Crippen molar-refractivity contribution in [3.63, 3.8) is 0 Å². The fourth-order valence-corrected chi connectivity index (χ4v) is 3.36. The summed E-state index contributed by atoms with van der Waals surface area (Å²) in [5.74, 6) is 0.128. The van der Waals surface area contributed by atoms with Gasteiger partial charge in [-0.1, -0.05) is 12.1 Å². The standard InChI is InChI=1S/C18H21N7O/c1-25-11-15(17(23-25)13-5-3-7-19-9-13)18(26)21-14-6-2-4-12(8-14)16-10-20-24-22-16/h2,4,6,8,10-11,13,19H,3,5,7,9H2,1H3,(H,21,26)(H,20,22,24). The summed E-state index contributed by atoms with van der Waals surface area (Å²) < 4.78 is 1.71. The lowest BCUT2D eigenvalue weighted by molar-refractivity contribution is 0.102. The Bertz CT molecular complexity index is 894. The van der Waals surface area contributed by atoms with Crippen LogP contribution in [0.15, 0.2) is 36.7 Å². The van der Waals surface area contributed by atoms with Crippen molar-refractivity contribution in [1.29, 1.82) is 0 Å². The molecule has 8 heteroatoms. The van der Waals surface area contributed by atoms with Crippen LogP contribution in [-0.2, 0) is 7.05 Å². The summed E-state index contributed by atoms with van der Waals surface area (Å²) in [5, 5.41) is 21.4. The lowest BCUT2D eigenvalue weighted by Crippen LogP contribution is -2.29. The van der Waals surface area contributed by atoms with Crippen LogP contribution in [0, 0.1) is 0 Å². The Morgan fingerprint density at radius 3 is 3.08 bits per heavy atom. The van der Waals surface area contributed by atoms with Crippen LogP contribution >= 0.6 is 0 Å². The molecule has 26 heavy (non-hydrogen) atoms. The number of hydrogen-bond acceptors (Lipinski definition) is 5. The first-order chi connectivity index (χ1) is 12.7. The molecule has 1 saturated heterocycles. The number of benzene rings is 1. The van der Waals surface area contributed by atoms with Crippen molar-refractivity contribution < 1.29 is 4.79 Å². The molecule has 1 aliphatic heterocycles. The van der Waals surface area contributed by atoms with E-state index in [2.05, 4.69) is 31.1 Å². The summed E-state index contributed by atoms with van der Waals surface area (Å²) in [6.45, 7) is 1.89. The van der Waals surface area contributed by atoms with E-state index in [0.717, 1.165) is 42.9 Å². The first-order valence-corrected chi connectivity index (χ1v) is 8.72. The van der Waals surface area contributed by atoms with Crippen molar-refractivity contribution >= 4 is 11.6 Å². The fourth-order valence-electron chi connectivity index (χ4n) is 3.36. The average Bonchev–Trinajstić information content (AvgIpc) is 3.32. The molecule has 1 aliphatic rings. The first-order valence-electron chi connectivity index (χ1n) is 8.72. The van der Waals surface area contributed by atoms with E-state index in [4.69, 9.17) is 0 Å². The first kappa shape index (κ1) is 16.5. The number of aryl methyl sites for hydroxylation is 1. The Balaban J connectivity index is 1.56. The molecule has 0 aliphatic carbocycles. The van der Waals surface area contributed by atoms with E-state index >= 15 is 0 Å². The van der Waals surface area contributed by atoms with Gasteiger partial charge in [-0.3, -0.25) is 9.48 Å². The van der Waals surface area contributed by atoms with Gasteiger partial charge in [0.2, 0.25) is 0 Å². The Kier molecular flexibility index (Phi) is 4.49. The number of anilines is 1. The number of amides is 1. The zero-order valence-corrected chi connectivity index (χ0v) is 14.6. The molecule has 134 valence electrons. The maximum absolute atomic E-state index is 12.9. The van der Waals surface area contributed by atoms with Gasteiger partial charge in [0.15, 0.2) is 0 Å². The lowest BCUT2D eigenvalue weighted by Gasteiger charge is -2.21. The minimum Gasteiger partial charge on any atom is -0.322 e. The molecule has 0 saturated carbocycles. The third-order valence-electron chi connectivity index (χ3n) is 4.62. The lowest BCUT2D eigenvalue weighted by atomic mass is 9.93. The second kappa shape index (κ2) is 7.09. The van der Waals surface area contributed by atoms with Crippen LogP contribution in [0.25, 0.3) is 11.3 Å². The summed E-state index contributed by atoms with van der Waals surface area (Å²) in [6, 6.07) is 7.55. The molecule has 2 aromatic heterocycles. The van der Waals surface area contributed by atoms with Crippen LogP contribution < -0.4 is 10.6 Å². The van der Waals surface area contributed by atoms with Gasteiger partial charge in [0, 0.05) is 37.0 Å². The van der Waals surface area contributed by atoms with Crippen LogP contribution in [0.3, 0.4) is 0 Å². The van der Waals surface area contributed by atoms with Crippen molar-refractivity contribution in [2.45, 2.75) is 18.8 Å². The molecule has 1 amide bonds. The third-order valence-corrected chi connectivity index (χ3v) is 4.62. The molecule has 1 atom stereocenters. The Morgan fingerprint density at radius 1 is 1.38 bits per heavy atom. The van der Waals surface area contributed by atoms with Crippen molar-refractivity contribution in [1.82, 2.24) is 30.5 Å². The van der Waals surface area contributed by atoms with E-state index in [1.807, 2.05) is 31.3 Å². The monoisotopic (exact) mass is 351 g/mol. The van der Waals surface area contributed by atoms with E-state index in [0.29, 0.717) is 11.3 Å². The minimum atomic E-state index is -0.143. The predicted octanol–water partition coefficient (Wildman–Crippen LogP) is 1.92. The van der Waals surface area contributed by atoms with Gasteiger partial charge in [-0.2, -0.15) is 20.5 Å². The summed E-state index contributed by atoms with van der Waals surface area (Å²) in [6.07, 6.45) is 5.59. The molecular formula is C18H21N7O. The van der Waals surface area contributed by atoms with Gasteiger partial charge in [0.05, 0.1) is 17.5 Å². The Labute approximate surface area is 151 Å². The minimum absolute atomic E-state index is 0.143. The SMILES string of the molecule is Cn1cc(C(=O)Nc2cccc(-c3cn[nH]n3)c2)c(C2CCCNC2)n1. The Morgan fingerprint density at radius 2 is 2.31 bits per heavy atom. The van der Waals surface area contributed by atoms with Gasteiger partial charge < -0.3 is 10.6 Å². The highest BCUT2D eigenvalue weighted by Gasteiger charge is 2.25. The van der Waals surface area contributed by atoms with Gasteiger partial charge in [-0.15, -0.1) is 0 Å². The van der Waals surface area contributed by atoms with Crippen LogP contribution in [0.5, 0.6) is 0 Å². The average molecular weight is 351 g/mol. The van der Waals surface area contributed by atoms with Gasteiger partial charge in [-0.25, -0.2) is 0 Å². The molecule has 0 spiro atoms. The molecule has 1 fully saturated rings. The zero-order chi connectivity index (χ0) is 17.9. The highest BCUT2D eigenvalue weighted by molar-refractivity contribution is 6.05. The number of aromatic amines is 1. The third kappa shape index (κ3) is 3.36. The van der Waals surface area contributed by atoms with Gasteiger partial charge >= 0.3 is 0 Å². The molecule has 0 bridgehead atoms. The normalized spacial score (nSPS) is 17.2. The number of nitrogens with zero attached hydrogens (tertiary/aromatic N) is 4. The second-order valence-corrected chi connectivity index (χ2v) is 6.54. The van der Waals surface area contributed by atoms with Crippen LogP contribution in [0.1, 0.15) is 34.8 Å². The van der Waals surface area contributed by atoms with Crippen molar-refractivity contribution in [2.75, 3.05) is 18.4 Å². The molecule has 3 N–H and O–H groups in total. The van der Waals surface area contributed by atoms with E-state index < -0.39 is 0 Å². The maximum atomic E-state index is 12.9. The van der Waals surface area contributed by atoms with E-state index in [1.54, 1.807) is 17.1 Å². The van der Waals surface area contributed by atoms with E-state index in [-0.39, 0.29) is 11.8 Å². The maximum Gasteiger partial charge on any atom is 0.259 e. The van der Waals surface area contributed by atoms with Gasteiger partial charge in [0.25, 0.3) is 5.91 Å². The van der Waals surface area contributed by atoms with Crippen LogP contribution in [-0.4, -0.2) is 44.2 Å². The zero-order valence-electron chi connectivity index (χ0n) is 14.6. The summed E-state index contributed by atoms with van der Waals surface area (Å²) >= 11 is 0. The molecule has 3 heterocycles. The quantitative estimate of drug-likeness (QED) is 0.667. The van der Waals surface area contributed by atoms with Crippen molar-refractivity contribution in [3.8, 4) is 11.3 Å². The summed E-state index contributed by atoms with van der Waals surface area (Å²) in [4.78, 5) is 12.9. The fraction of sp³-hybridized carbons (Fsp3) is 0.333. The molecule has 8 nitrogen and oxygen atoms in total. The second-order valence-electron chi connectivity index (χ2n) is 6.54. The molecule has 4 rings (SSSR count). The number of nitrogens with one attached hydrogen (secondary N) is 3. The summed E-state index contributed by atoms with van der Waals surface area (Å²) in [5.41, 5.74) is 3.83. The highest BCUT2D eigenvalue weighted by atomic mass is 16.1.